The Bertz CT molecular complexity index is 685. The molecule has 1 aromatic carbocycles. The highest BCUT2D eigenvalue weighted by Gasteiger charge is 2.22. The number of carbonyl (C=O) groups is 1. The number of carbonyl (C=O) groups excluding carboxylic acids is 1. The lowest BCUT2D eigenvalue weighted by Gasteiger charge is -2.06. The van der Waals surface area contributed by atoms with E-state index in [1.807, 2.05) is 0 Å². The van der Waals surface area contributed by atoms with Crippen molar-refractivity contribution < 1.29 is 9.72 Å². The first-order chi connectivity index (χ1) is 9.99. The normalized spacial score (nSPS) is 10.1. The molecule has 108 valence electrons. The fourth-order valence-corrected chi connectivity index (χ4v) is 1.73. The Kier molecular flexibility index (Phi) is 4.07. The summed E-state index contributed by atoms with van der Waals surface area (Å²) in [5.41, 5.74) is 6.32. The Morgan fingerprint density at radius 2 is 2.14 bits per heavy atom. The van der Waals surface area contributed by atoms with E-state index in [1.165, 1.54) is 24.4 Å². The highest BCUT2D eigenvalue weighted by molar-refractivity contribution is 6.00. The molecule has 0 unspecified atom stereocenters. The average molecular weight is 287 g/mol. The second-order valence-corrected chi connectivity index (χ2v) is 4.33. The zero-order valence-electron chi connectivity index (χ0n) is 11.2. The SMILES string of the molecule is Cc1cnc(CNC(=O)c2cccc(N)c2[N+](=O)[O-])cn1. The van der Waals surface area contributed by atoms with Crippen LogP contribution in [0.15, 0.2) is 30.6 Å². The Morgan fingerprint density at radius 3 is 2.76 bits per heavy atom. The van der Waals surface area contributed by atoms with Crippen LogP contribution in [0.5, 0.6) is 0 Å². The Hall–Kier alpha value is -3.03. The number of amides is 1. The molecule has 0 saturated carbocycles. The van der Waals surface area contributed by atoms with Crippen LogP contribution in [0.1, 0.15) is 21.7 Å². The van der Waals surface area contributed by atoms with Crippen molar-refractivity contribution in [3.63, 3.8) is 0 Å². The van der Waals surface area contributed by atoms with Crippen LogP contribution in [0.25, 0.3) is 0 Å². The van der Waals surface area contributed by atoms with Crippen molar-refractivity contribution in [3.05, 3.63) is 57.7 Å². The van der Waals surface area contributed by atoms with Gasteiger partial charge in [0, 0.05) is 6.20 Å². The molecule has 21 heavy (non-hydrogen) atoms. The van der Waals surface area contributed by atoms with Crippen LogP contribution >= 0.6 is 0 Å². The molecule has 8 nitrogen and oxygen atoms in total. The van der Waals surface area contributed by atoms with Gasteiger partial charge < -0.3 is 11.1 Å². The number of benzene rings is 1. The monoisotopic (exact) mass is 287 g/mol. The lowest BCUT2D eigenvalue weighted by Crippen LogP contribution is -2.24. The van der Waals surface area contributed by atoms with Crippen molar-refractivity contribution in [2.24, 2.45) is 0 Å². The van der Waals surface area contributed by atoms with Crippen molar-refractivity contribution in [2.75, 3.05) is 5.73 Å². The third-order valence-electron chi connectivity index (χ3n) is 2.76. The largest absolute Gasteiger partial charge is 0.393 e. The summed E-state index contributed by atoms with van der Waals surface area (Å²) in [5.74, 6) is -0.587. The van der Waals surface area contributed by atoms with E-state index in [0.717, 1.165) is 5.69 Å². The van der Waals surface area contributed by atoms with Crippen LogP contribution in [0.2, 0.25) is 0 Å². The smallest absolute Gasteiger partial charge is 0.304 e. The quantitative estimate of drug-likeness (QED) is 0.494. The van der Waals surface area contributed by atoms with Crippen molar-refractivity contribution >= 4 is 17.3 Å². The predicted molar refractivity (Wildman–Crippen MR) is 75.4 cm³/mol. The van der Waals surface area contributed by atoms with Crippen LogP contribution in [-0.4, -0.2) is 20.8 Å². The average Bonchev–Trinajstić information content (AvgIpc) is 2.45. The van der Waals surface area contributed by atoms with Gasteiger partial charge in [-0.2, -0.15) is 0 Å². The number of nitro benzene ring substituents is 1. The molecule has 0 atom stereocenters. The molecule has 0 saturated heterocycles. The summed E-state index contributed by atoms with van der Waals surface area (Å²) in [6, 6.07) is 4.22. The number of nitro groups is 1. The highest BCUT2D eigenvalue weighted by Crippen LogP contribution is 2.25. The van der Waals surface area contributed by atoms with E-state index in [-0.39, 0.29) is 17.8 Å². The number of hydrogen-bond donors (Lipinski definition) is 2. The maximum Gasteiger partial charge on any atom is 0.304 e. The molecule has 2 aromatic rings. The van der Waals surface area contributed by atoms with Gasteiger partial charge in [0.2, 0.25) is 0 Å². The fourth-order valence-electron chi connectivity index (χ4n) is 1.73. The lowest BCUT2D eigenvalue weighted by molar-refractivity contribution is -0.384. The standard InChI is InChI=1S/C13H13N5O3/c1-8-5-16-9(6-15-8)7-17-13(19)10-3-2-4-11(14)12(10)18(20)21/h2-6H,7,14H2,1H3,(H,17,19). The summed E-state index contributed by atoms with van der Waals surface area (Å²) in [5, 5.41) is 13.5. The summed E-state index contributed by atoms with van der Waals surface area (Å²) in [6.45, 7) is 1.92. The fraction of sp³-hybridized carbons (Fsp3) is 0.154. The van der Waals surface area contributed by atoms with Gasteiger partial charge in [-0.15, -0.1) is 0 Å². The molecule has 1 amide bonds. The first-order valence-corrected chi connectivity index (χ1v) is 6.07. The lowest BCUT2D eigenvalue weighted by atomic mass is 10.1. The molecular formula is C13H13N5O3. The molecule has 0 spiro atoms. The molecule has 0 fully saturated rings. The van der Waals surface area contributed by atoms with Gasteiger partial charge in [-0.3, -0.25) is 24.9 Å². The molecule has 0 aliphatic rings. The number of nitrogens with zero attached hydrogens (tertiary/aromatic N) is 3. The van der Waals surface area contributed by atoms with E-state index < -0.39 is 16.5 Å². The zero-order valence-corrected chi connectivity index (χ0v) is 11.2. The first kappa shape index (κ1) is 14.4. The van der Waals surface area contributed by atoms with Gasteiger partial charge in [0.15, 0.2) is 0 Å². The predicted octanol–water partition coefficient (Wildman–Crippen LogP) is 1.21. The summed E-state index contributed by atoms with van der Waals surface area (Å²) >= 11 is 0. The zero-order chi connectivity index (χ0) is 15.4. The Balaban J connectivity index is 2.16. The third kappa shape index (κ3) is 3.30. The maximum atomic E-state index is 12.0. The second kappa shape index (κ2) is 5.95. The van der Waals surface area contributed by atoms with Crippen LogP contribution in [0.3, 0.4) is 0 Å². The van der Waals surface area contributed by atoms with E-state index in [2.05, 4.69) is 15.3 Å². The maximum absolute atomic E-state index is 12.0. The first-order valence-electron chi connectivity index (χ1n) is 6.07. The number of para-hydroxylation sites is 1. The number of hydrogen-bond acceptors (Lipinski definition) is 6. The van der Waals surface area contributed by atoms with E-state index in [0.29, 0.717) is 5.69 Å². The van der Waals surface area contributed by atoms with Crippen molar-refractivity contribution in [1.29, 1.82) is 0 Å². The number of nitrogens with one attached hydrogen (secondary N) is 1. The molecule has 0 radical (unpaired) electrons. The van der Waals surface area contributed by atoms with Gasteiger partial charge in [-0.25, -0.2) is 0 Å². The number of aromatic nitrogens is 2. The number of aryl methyl sites for hydroxylation is 1. The Morgan fingerprint density at radius 1 is 1.38 bits per heavy atom. The van der Waals surface area contributed by atoms with E-state index in [9.17, 15) is 14.9 Å². The summed E-state index contributed by atoms with van der Waals surface area (Å²) in [4.78, 5) is 30.5. The number of rotatable bonds is 4. The van der Waals surface area contributed by atoms with Crippen molar-refractivity contribution in [3.8, 4) is 0 Å². The van der Waals surface area contributed by atoms with Crippen molar-refractivity contribution in [1.82, 2.24) is 15.3 Å². The second-order valence-electron chi connectivity index (χ2n) is 4.33. The molecule has 0 aliphatic heterocycles. The van der Waals surface area contributed by atoms with Gasteiger partial charge >= 0.3 is 5.69 Å². The number of anilines is 1. The molecule has 1 aromatic heterocycles. The van der Waals surface area contributed by atoms with Crippen LogP contribution in [-0.2, 0) is 6.54 Å². The van der Waals surface area contributed by atoms with Gasteiger partial charge in [0.1, 0.15) is 11.3 Å². The summed E-state index contributed by atoms with van der Waals surface area (Å²) in [6.07, 6.45) is 3.10. The number of nitrogen functional groups attached to an aromatic ring is 1. The van der Waals surface area contributed by atoms with Gasteiger partial charge in [-0.05, 0) is 19.1 Å². The molecule has 1 heterocycles. The summed E-state index contributed by atoms with van der Waals surface area (Å²) < 4.78 is 0. The van der Waals surface area contributed by atoms with E-state index in [1.54, 1.807) is 13.1 Å². The van der Waals surface area contributed by atoms with Gasteiger partial charge in [-0.1, -0.05) is 6.07 Å². The van der Waals surface area contributed by atoms with Crippen LogP contribution < -0.4 is 11.1 Å². The summed E-state index contributed by atoms with van der Waals surface area (Å²) in [7, 11) is 0. The molecule has 0 aliphatic carbocycles. The van der Waals surface area contributed by atoms with Gasteiger partial charge in [0.25, 0.3) is 5.91 Å². The minimum absolute atomic E-state index is 0.0530. The molecule has 2 rings (SSSR count). The molecule has 0 bridgehead atoms. The minimum atomic E-state index is -0.671. The molecule has 8 heteroatoms. The molecular weight excluding hydrogens is 274 g/mol. The molecule has 3 N–H and O–H groups in total. The van der Waals surface area contributed by atoms with E-state index in [4.69, 9.17) is 5.73 Å². The minimum Gasteiger partial charge on any atom is -0.393 e. The van der Waals surface area contributed by atoms with Crippen LogP contribution in [0, 0.1) is 17.0 Å². The van der Waals surface area contributed by atoms with Gasteiger partial charge in [0.05, 0.1) is 29.1 Å². The van der Waals surface area contributed by atoms with E-state index >= 15 is 0 Å². The number of nitrogens with two attached hydrogens (primary N) is 1. The van der Waals surface area contributed by atoms with Crippen molar-refractivity contribution in [2.45, 2.75) is 13.5 Å². The van der Waals surface area contributed by atoms with Crippen LogP contribution in [0.4, 0.5) is 11.4 Å². The topological polar surface area (TPSA) is 124 Å². The third-order valence-corrected chi connectivity index (χ3v) is 2.76. The Labute approximate surface area is 120 Å². The highest BCUT2D eigenvalue weighted by atomic mass is 16.6.